The minimum Gasteiger partial charge on any atom is -0.263 e. The summed E-state index contributed by atoms with van der Waals surface area (Å²) in [6, 6.07) is 12.0. The number of rotatable bonds is 0. The third kappa shape index (κ3) is 7.19. The second kappa shape index (κ2) is 10.6. The first-order valence-corrected chi connectivity index (χ1v) is 9.50. The first-order chi connectivity index (χ1) is 11.9. The molecule has 0 bridgehead atoms. The summed E-state index contributed by atoms with van der Waals surface area (Å²) in [7, 11) is 0. The molecule has 0 fully saturated rings. The molecule has 144 valence electrons. The molecule has 0 spiro atoms. The molecule has 1 aromatic carbocycles. The van der Waals surface area contributed by atoms with Crippen molar-refractivity contribution in [3.63, 3.8) is 0 Å². The van der Waals surface area contributed by atoms with E-state index in [1.54, 1.807) is 0 Å². The maximum Gasteiger partial charge on any atom is 2.00 e. The minimum atomic E-state index is 0. The van der Waals surface area contributed by atoms with Crippen LogP contribution in [0.3, 0.4) is 0 Å². The summed E-state index contributed by atoms with van der Waals surface area (Å²) in [5, 5.41) is 0. The topological polar surface area (TPSA) is 0 Å². The van der Waals surface area contributed by atoms with Gasteiger partial charge in [-0.3, -0.25) is 12.2 Å². The molecule has 1 aromatic rings. The molecule has 0 aliphatic heterocycles. The second-order valence-corrected chi connectivity index (χ2v) is 8.40. The Hall–Kier alpha value is -0.937. The van der Waals surface area contributed by atoms with Crippen molar-refractivity contribution >= 4 is 0 Å². The van der Waals surface area contributed by atoms with Crippen molar-refractivity contribution in [1.82, 2.24) is 0 Å². The van der Waals surface area contributed by atoms with Crippen molar-refractivity contribution in [3.8, 4) is 0 Å². The van der Waals surface area contributed by atoms with Crippen molar-refractivity contribution in [1.29, 1.82) is 0 Å². The maximum atomic E-state index is 3.44. The van der Waals surface area contributed by atoms with Crippen molar-refractivity contribution in [2.24, 2.45) is 10.8 Å². The van der Waals surface area contributed by atoms with E-state index in [9.17, 15) is 0 Å². The Morgan fingerprint density at radius 2 is 0.741 bits per heavy atom. The van der Waals surface area contributed by atoms with Crippen LogP contribution < -0.4 is 0 Å². The fourth-order valence-corrected chi connectivity index (χ4v) is 3.20. The third-order valence-electron chi connectivity index (χ3n) is 5.79. The summed E-state index contributed by atoms with van der Waals surface area (Å²) in [5.41, 5.74) is 8.79. The van der Waals surface area contributed by atoms with Crippen LogP contribution >= 0.6 is 0 Å². The van der Waals surface area contributed by atoms with E-state index in [2.05, 4.69) is 81.4 Å². The van der Waals surface area contributed by atoms with Gasteiger partial charge in [0.1, 0.15) is 0 Å². The standard InChI is InChI=1S/2C10H15.C6H6.Zr/c2*1-7-6-10(4,5)9(3)8(7)2;1-2-4-6-5-3-1;/h2*1-5H3;1-6H;/q2*-1;;+2. The van der Waals surface area contributed by atoms with Crippen molar-refractivity contribution in [2.45, 2.75) is 69.2 Å². The van der Waals surface area contributed by atoms with Gasteiger partial charge in [-0.25, -0.2) is 11.1 Å². The predicted octanol–water partition coefficient (Wildman–Crippen LogP) is 7.91. The fourth-order valence-electron chi connectivity index (χ4n) is 3.20. The summed E-state index contributed by atoms with van der Waals surface area (Å²) in [5.74, 6) is 0. The zero-order valence-electron chi connectivity index (χ0n) is 19.0. The molecule has 0 atom stereocenters. The normalized spacial score (nSPS) is 19.2. The zero-order valence-corrected chi connectivity index (χ0v) is 21.4. The van der Waals surface area contributed by atoms with E-state index in [-0.39, 0.29) is 37.0 Å². The molecular formula is C26H36Zr. The van der Waals surface area contributed by atoms with Crippen LogP contribution in [0.1, 0.15) is 69.2 Å². The van der Waals surface area contributed by atoms with E-state index >= 15 is 0 Å². The monoisotopic (exact) mass is 438 g/mol. The Bertz CT molecular complexity index is 661. The molecule has 0 saturated heterocycles. The van der Waals surface area contributed by atoms with Crippen molar-refractivity contribution < 1.29 is 26.2 Å². The van der Waals surface area contributed by atoms with Crippen LogP contribution in [0.15, 0.2) is 69.8 Å². The van der Waals surface area contributed by atoms with E-state index in [1.807, 2.05) is 36.4 Å². The quantitative estimate of drug-likeness (QED) is 0.360. The number of allylic oxidation sites excluding steroid dienone is 8. The summed E-state index contributed by atoms with van der Waals surface area (Å²) in [6.45, 7) is 21.8. The summed E-state index contributed by atoms with van der Waals surface area (Å²) < 4.78 is 0. The second-order valence-electron chi connectivity index (χ2n) is 8.40. The summed E-state index contributed by atoms with van der Waals surface area (Å²) >= 11 is 0. The van der Waals surface area contributed by atoms with Gasteiger partial charge in [0.15, 0.2) is 0 Å². The SMILES string of the molecule is CC1=[C-]C(C)(C)C(C)=C1C.CC1=[C-]C(C)(C)C(C)=C1C.[Zr+2].c1ccccc1. The Morgan fingerprint density at radius 3 is 0.815 bits per heavy atom. The van der Waals surface area contributed by atoms with Crippen LogP contribution in [0.25, 0.3) is 0 Å². The zero-order chi connectivity index (χ0) is 20.1. The molecule has 3 rings (SSSR count). The molecule has 0 aromatic heterocycles. The van der Waals surface area contributed by atoms with E-state index in [4.69, 9.17) is 0 Å². The number of hydrogen-bond acceptors (Lipinski definition) is 0. The fraction of sp³-hybridized carbons (Fsp3) is 0.462. The molecule has 0 unspecified atom stereocenters. The van der Waals surface area contributed by atoms with Crippen LogP contribution in [0.5, 0.6) is 0 Å². The van der Waals surface area contributed by atoms with Crippen LogP contribution in [-0.2, 0) is 26.2 Å². The third-order valence-corrected chi connectivity index (χ3v) is 5.79. The number of hydrogen-bond donors (Lipinski definition) is 0. The van der Waals surface area contributed by atoms with Gasteiger partial charge in [0, 0.05) is 0 Å². The molecule has 2 aliphatic rings. The first-order valence-electron chi connectivity index (χ1n) is 9.50. The molecule has 0 nitrogen and oxygen atoms in total. The van der Waals surface area contributed by atoms with Gasteiger partial charge in [0.25, 0.3) is 0 Å². The van der Waals surface area contributed by atoms with Gasteiger partial charge < -0.3 is 0 Å². The number of benzene rings is 1. The van der Waals surface area contributed by atoms with E-state index < -0.39 is 0 Å². The Labute approximate surface area is 187 Å². The molecule has 0 heterocycles. The van der Waals surface area contributed by atoms with Crippen LogP contribution in [-0.4, -0.2) is 0 Å². The van der Waals surface area contributed by atoms with Crippen molar-refractivity contribution in [3.05, 3.63) is 82.0 Å². The molecule has 27 heavy (non-hydrogen) atoms. The van der Waals surface area contributed by atoms with Gasteiger partial charge in [0.2, 0.25) is 0 Å². The van der Waals surface area contributed by atoms with Gasteiger partial charge in [-0.15, -0.1) is 13.8 Å². The molecule has 1 heteroatoms. The minimum absolute atomic E-state index is 0. The molecule has 0 N–H and O–H groups in total. The average molecular weight is 440 g/mol. The molecule has 0 amide bonds. The van der Waals surface area contributed by atoms with Gasteiger partial charge in [-0.05, 0) is 0 Å². The molecular weight excluding hydrogens is 404 g/mol. The van der Waals surface area contributed by atoms with Crippen LogP contribution in [0.2, 0.25) is 0 Å². The first kappa shape index (κ1) is 26.1. The Balaban J connectivity index is 0.000000380. The van der Waals surface area contributed by atoms with E-state index in [0.717, 1.165) is 0 Å². The molecule has 2 aliphatic carbocycles. The van der Waals surface area contributed by atoms with Crippen LogP contribution in [0.4, 0.5) is 0 Å². The van der Waals surface area contributed by atoms with Gasteiger partial charge in [-0.2, -0.15) is 22.3 Å². The predicted molar refractivity (Wildman–Crippen MR) is 116 cm³/mol. The molecule has 0 saturated carbocycles. The van der Waals surface area contributed by atoms with Gasteiger partial charge >= 0.3 is 26.2 Å². The maximum absolute atomic E-state index is 3.44. The van der Waals surface area contributed by atoms with E-state index in [1.165, 1.54) is 33.4 Å². The Kier molecular flexibility index (Phi) is 10.2. The summed E-state index contributed by atoms with van der Waals surface area (Å²) in [4.78, 5) is 0. The smallest absolute Gasteiger partial charge is 0.263 e. The van der Waals surface area contributed by atoms with Gasteiger partial charge in [-0.1, -0.05) is 103 Å². The van der Waals surface area contributed by atoms with E-state index in [0.29, 0.717) is 0 Å². The Morgan fingerprint density at radius 1 is 0.519 bits per heavy atom. The molecule has 0 radical (unpaired) electrons. The van der Waals surface area contributed by atoms with Crippen LogP contribution in [0, 0.1) is 23.0 Å². The summed E-state index contributed by atoms with van der Waals surface area (Å²) in [6.07, 6.45) is 6.87. The van der Waals surface area contributed by atoms with Gasteiger partial charge in [0.05, 0.1) is 0 Å². The largest absolute Gasteiger partial charge is 2.00 e. The van der Waals surface area contributed by atoms with Crippen molar-refractivity contribution in [2.75, 3.05) is 0 Å². The average Bonchev–Trinajstić information content (AvgIpc) is 2.88.